The topological polar surface area (TPSA) is 22.0 Å². The van der Waals surface area contributed by atoms with E-state index in [1.54, 1.807) is 0 Å². The highest BCUT2D eigenvalue weighted by molar-refractivity contribution is 6.79. The van der Waals surface area contributed by atoms with Gasteiger partial charge < -0.3 is 4.23 Å². The molecular weight excluding hydrogens is 310 g/mol. The van der Waals surface area contributed by atoms with Gasteiger partial charge in [0, 0.05) is 28.2 Å². The molecule has 3 aromatic rings. The summed E-state index contributed by atoms with van der Waals surface area (Å²) in [6, 6.07) is 17.8. The Kier molecular flexibility index (Phi) is 4.00. The Morgan fingerprint density at radius 2 is 1.50 bits per heavy atom. The van der Waals surface area contributed by atoms with Crippen molar-refractivity contribution in [3.05, 3.63) is 71.9 Å². The third kappa shape index (κ3) is 2.63. The molecule has 2 aromatic carbocycles. The Labute approximate surface area is 145 Å². The van der Waals surface area contributed by atoms with Crippen LogP contribution in [0.4, 0.5) is 0 Å². The molecular formula is C21H25NOSi. The number of carbonyl (C=O) groups is 1. The lowest BCUT2D eigenvalue weighted by Crippen LogP contribution is -2.44. The summed E-state index contributed by atoms with van der Waals surface area (Å²) in [6.07, 6.45) is 2.09. The van der Waals surface area contributed by atoms with E-state index in [1.165, 1.54) is 5.52 Å². The van der Waals surface area contributed by atoms with Gasteiger partial charge in [-0.25, -0.2) is 0 Å². The van der Waals surface area contributed by atoms with Gasteiger partial charge in [0.25, 0.3) is 0 Å². The van der Waals surface area contributed by atoms with E-state index in [0.717, 1.165) is 16.5 Å². The summed E-state index contributed by atoms with van der Waals surface area (Å²) in [5.41, 5.74) is 2.72. The van der Waals surface area contributed by atoms with E-state index >= 15 is 0 Å². The zero-order chi connectivity index (χ0) is 17.5. The molecule has 0 fully saturated rings. The van der Waals surface area contributed by atoms with Crippen LogP contribution in [0.1, 0.15) is 36.7 Å². The van der Waals surface area contributed by atoms with E-state index in [2.05, 4.69) is 62.5 Å². The zero-order valence-corrected chi connectivity index (χ0v) is 16.1. The number of carbonyl (C=O) groups excluding carboxylic acids is 1. The van der Waals surface area contributed by atoms with Crippen molar-refractivity contribution in [3.63, 3.8) is 0 Å². The summed E-state index contributed by atoms with van der Waals surface area (Å²) in [4.78, 5) is 13.1. The van der Waals surface area contributed by atoms with Crippen LogP contribution < -0.4 is 0 Å². The molecule has 3 heteroatoms. The molecule has 1 heterocycles. The van der Waals surface area contributed by atoms with E-state index in [-0.39, 0.29) is 10.8 Å². The van der Waals surface area contributed by atoms with Crippen molar-refractivity contribution in [1.29, 1.82) is 0 Å². The quantitative estimate of drug-likeness (QED) is 0.443. The predicted octanol–water partition coefficient (Wildman–Crippen LogP) is 5.73. The maximum Gasteiger partial charge on any atom is 0.195 e. The minimum absolute atomic E-state index is 0.101. The molecule has 0 unspecified atom stereocenters. The van der Waals surface area contributed by atoms with Crippen LogP contribution >= 0.6 is 0 Å². The molecule has 0 atom stereocenters. The van der Waals surface area contributed by atoms with Gasteiger partial charge in [-0.1, -0.05) is 82.4 Å². The molecule has 0 spiro atoms. The number of aromatic nitrogens is 1. The molecule has 0 N–H and O–H groups in total. The monoisotopic (exact) mass is 335 g/mol. The molecule has 0 amide bonds. The second-order valence-electron chi connectivity index (χ2n) is 7.93. The largest absolute Gasteiger partial charge is 0.373 e. The molecule has 1 aromatic heterocycles. The summed E-state index contributed by atoms with van der Waals surface area (Å²) in [7, 11) is -1.81. The van der Waals surface area contributed by atoms with Crippen LogP contribution in [0, 0.1) is 0 Å². The molecule has 0 bridgehead atoms. The average molecular weight is 336 g/mol. The fourth-order valence-electron chi connectivity index (χ4n) is 2.93. The van der Waals surface area contributed by atoms with Crippen LogP contribution in [0.2, 0.25) is 18.1 Å². The van der Waals surface area contributed by atoms with E-state index in [0.29, 0.717) is 0 Å². The third-order valence-electron chi connectivity index (χ3n) is 5.43. The lowest BCUT2D eigenvalue weighted by molar-refractivity contribution is 0.104. The molecule has 124 valence electrons. The van der Waals surface area contributed by atoms with Crippen LogP contribution in [-0.2, 0) is 0 Å². The number of para-hydroxylation sites is 1. The highest BCUT2D eigenvalue weighted by Gasteiger charge is 2.39. The third-order valence-corrected chi connectivity index (χ3v) is 10.7. The zero-order valence-electron chi connectivity index (χ0n) is 15.1. The van der Waals surface area contributed by atoms with Crippen LogP contribution in [0.15, 0.2) is 60.8 Å². The molecule has 0 radical (unpaired) electrons. The number of hydrogen-bond donors (Lipinski definition) is 0. The maximum absolute atomic E-state index is 13.1. The molecule has 24 heavy (non-hydrogen) atoms. The minimum atomic E-state index is -1.81. The van der Waals surface area contributed by atoms with Crippen LogP contribution in [0.3, 0.4) is 0 Å². The summed E-state index contributed by atoms with van der Waals surface area (Å²) >= 11 is 0. The van der Waals surface area contributed by atoms with Crippen molar-refractivity contribution in [2.75, 3.05) is 0 Å². The predicted molar refractivity (Wildman–Crippen MR) is 104 cm³/mol. The number of benzene rings is 2. The second-order valence-corrected chi connectivity index (χ2v) is 13.0. The fourth-order valence-corrected chi connectivity index (χ4v) is 4.90. The van der Waals surface area contributed by atoms with Crippen molar-refractivity contribution in [2.45, 2.75) is 38.9 Å². The van der Waals surface area contributed by atoms with Gasteiger partial charge in [0.05, 0.1) is 0 Å². The van der Waals surface area contributed by atoms with Gasteiger partial charge in [-0.15, -0.1) is 0 Å². The highest BCUT2D eigenvalue weighted by Crippen LogP contribution is 2.39. The lowest BCUT2D eigenvalue weighted by Gasteiger charge is -2.38. The minimum Gasteiger partial charge on any atom is -0.373 e. The van der Waals surface area contributed by atoms with Crippen LogP contribution in [0.25, 0.3) is 10.9 Å². The van der Waals surface area contributed by atoms with Crippen LogP contribution in [0.5, 0.6) is 0 Å². The maximum atomic E-state index is 13.1. The number of nitrogens with zero attached hydrogens (tertiary/aromatic N) is 1. The number of rotatable bonds is 3. The van der Waals surface area contributed by atoms with Crippen molar-refractivity contribution in [3.8, 4) is 0 Å². The lowest BCUT2D eigenvalue weighted by atomic mass is 10.0. The Balaban J connectivity index is 2.24. The number of ketones is 1. The molecule has 3 rings (SSSR count). The first kappa shape index (κ1) is 16.7. The van der Waals surface area contributed by atoms with E-state index in [4.69, 9.17) is 0 Å². The van der Waals surface area contributed by atoms with Gasteiger partial charge >= 0.3 is 0 Å². The highest BCUT2D eigenvalue weighted by atomic mass is 28.3. The van der Waals surface area contributed by atoms with E-state index in [9.17, 15) is 4.79 Å². The Morgan fingerprint density at radius 1 is 0.917 bits per heavy atom. The van der Waals surface area contributed by atoms with Crippen LogP contribution in [-0.4, -0.2) is 18.3 Å². The molecule has 0 saturated heterocycles. The molecule has 0 saturated carbocycles. The van der Waals surface area contributed by atoms with Gasteiger partial charge in [-0.3, -0.25) is 4.79 Å². The Morgan fingerprint density at radius 3 is 2.12 bits per heavy atom. The Bertz CT molecular complexity index is 885. The summed E-state index contributed by atoms with van der Waals surface area (Å²) in [6.45, 7) is 11.6. The second kappa shape index (κ2) is 5.74. The standard InChI is InChI=1S/C21H25NOSi/c1-21(2,3)24(4,5)22-15-18(17-13-9-10-14-19(17)22)20(23)16-11-7-6-8-12-16/h6-15H,1-5H3. The number of fused-ring (bicyclic) bond motifs is 1. The van der Waals surface area contributed by atoms with Gasteiger partial charge in [0.2, 0.25) is 0 Å². The van der Waals surface area contributed by atoms with Gasteiger partial charge in [0.15, 0.2) is 14.0 Å². The van der Waals surface area contributed by atoms with Crippen molar-refractivity contribution < 1.29 is 4.79 Å². The normalized spacial score (nSPS) is 12.5. The SMILES string of the molecule is CC(C)(C)[Si](C)(C)n1cc(C(=O)c2ccccc2)c2ccccc21. The molecule has 0 aliphatic heterocycles. The van der Waals surface area contributed by atoms with E-state index < -0.39 is 8.24 Å². The van der Waals surface area contributed by atoms with E-state index in [1.807, 2.05) is 36.4 Å². The summed E-state index contributed by atoms with van der Waals surface area (Å²) in [5, 5.41) is 1.25. The number of hydrogen-bond acceptors (Lipinski definition) is 1. The van der Waals surface area contributed by atoms with Gasteiger partial charge in [-0.2, -0.15) is 0 Å². The van der Waals surface area contributed by atoms with Crippen molar-refractivity contribution in [1.82, 2.24) is 4.23 Å². The smallest absolute Gasteiger partial charge is 0.195 e. The van der Waals surface area contributed by atoms with Gasteiger partial charge in [-0.05, 0) is 11.1 Å². The first-order valence-corrected chi connectivity index (χ1v) is 11.4. The first-order valence-electron chi connectivity index (χ1n) is 8.44. The Hall–Kier alpha value is -2.13. The van der Waals surface area contributed by atoms with Crippen molar-refractivity contribution >= 4 is 24.9 Å². The molecule has 0 aliphatic rings. The fraction of sp³-hybridized carbons (Fsp3) is 0.286. The van der Waals surface area contributed by atoms with Gasteiger partial charge in [0.1, 0.15) is 0 Å². The average Bonchev–Trinajstić information content (AvgIpc) is 2.94. The summed E-state index contributed by atoms with van der Waals surface area (Å²) < 4.78 is 2.40. The molecule has 2 nitrogen and oxygen atoms in total. The first-order chi connectivity index (χ1) is 11.2. The summed E-state index contributed by atoms with van der Waals surface area (Å²) in [5.74, 6) is 0.101. The molecule has 0 aliphatic carbocycles. The van der Waals surface area contributed by atoms with Crippen molar-refractivity contribution in [2.24, 2.45) is 0 Å².